The summed E-state index contributed by atoms with van der Waals surface area (Å²) in [5.41, 5.74) is 2.65. The molecule has 0 saturated heterocycles. The molecular formula is C23H29N3O4. The standard InChI is InChI=1S/C23H29N3O4/c1-16(2)25(17(3)28)26-22(19-9-7-10-20(13-19)30-4)15-24-14-18(8-5-6-11-27)12-21(24)23(26)29/h7,9-10,12-16,27H,5-6,8,11H2,1-4H3. The van der Waals surface area contributed by atoms with Gasteiger partial charge in [-0.25, -0.2) is 9.69 Å². The van der Waals surface area contributed by atoms with Gasteiger partial charge in [0.25, 0.3) is 5.56 Å². The molecule has 0 saturated carbocycles. The van der Waals surface area contributed by atoms with Gasteiger partial charge in [-0.05, 0) is 56.9 Å². The van der Waals surface area contributed by atoms with Crippen LogP contribution in [0.4, 0.5) is 0 Å². The van der Waals surface area contributed by atoms with Crippen LogP contribution in [-0.2, 0) is 11.2 Å². The number of hydrogen-bond acceptors (Lipinski definition) is 4. The predicted octanol–water partition coefficient (Wildman–Crippen LogP) is 2.98. The van der Waals surface area contributed by atoms with Gasteiger partial charge in [0.1, 0.15) is 11.3 Å². The molecule has 0 bridgehead atoms. The van der Waals surface area contributed by atoms with Gasteiger partial charge in [0.05, 0.1) is 12.8 Å². The highest BCUT2D eigenvalue weighted by molar-refractivity contribution is 5.85. The molecule has 0 aliphatic carbocycles. The number of benzene rings is 1. The Morgan fingerprint density at radius 1 is 1.20 bits per heavy atom. The second-order valence-corrected chi connectivity index (χ2v) is 7.64. The third-order valence-corrected chi connectivity index (χ3v) is 5.07. The summed E-state index contributed by atoms with van der Waals surface area (Å²) < 4.78 is 8.64. The number of ether oxygens (including phenoxy) is 1. The van der Waals surface area contributed by atoms with Gasteiger partial charge in [0.2, 0.25) is 5.91 Å². The molecule has 30 heavy (non-hydrogen) atoms. The molecule has 7 heteroatoms. The van der Waals surface area contributed by atoms with Crippen LogP contribution in [0.1, 0.15) is 39.2 Å². The molecule has 0 aliphatic heterocycles. The maximum absolute atomic E-state index is 13.5. The first-order chi connectivity index (χ1) is 14.4. The van der Waals surface area contributed by atoms with E-state index in [9.17, 15) is 9.59 Å². The van der Waals surface area contributed by atoms with Gasteiger partial charge in [-0.2, -0.15) is 0 Å². The average Bonchev–Trinajstić information content (AvgIpc) is 3.13. The summed E-state index contributed by atoms with van der Waals surface area (Å²) in [6, 6.07) is 9.10. The predicted molar refractivity (Wildman–Crippen MR) is 118 cm³/mol. The molecule has 0 radical (unpaired) electrons. The van der Waals surface area contributed by atoms with Gasteiger partial charge < -0.3 is 14.2 Å². The Kier molecular flexibility index (Phi) is 6.62. The fourth-order valence-electron chi connectivity index (χ4n) is 3.73. The first-order valence-electron chi connectivity index (χ1n) is 10.2. The number of carbonyl (C=O) groups is 1. The lowest BCUT2D eigenvalue weighted by Gasteiger charge is -2.29. The summed E-state index contributed by atoms with van der Waals surface area (Å²) in [4.78, 5) is 26.0. The van der Waals surface area contributed by atoms with Crippen LogP contribution in [-0.4, -0.2) is 39.8 Å². The van der Waals surface area contributed by atoms with Gasteiger partial charge in [0.15, 0.2) is 0 Å². The Morgan fingerprint density at radius 2 is 1.97 bits per heavy atom. The Balaban J connectivity index is 2.26. The van der Waals surface area contributed by atoms with Gasteiger partial charge in [-0.3, -0.25) is 9.59 Å². The van der Waals surface area contributed by atoms with E-state index in [0.717, 1.165) is 30.4 Å². The fraction of sp³-hybridized carbons (Fsp3) is 0.391. The first kappa shape index (κ1) is 21.6. The van der Waals surface area contributed by atoms with Crippen molar-refractivity contribution in [1.82, 2.24) is 9.08 Å². The lowest BCUT2D eigenvalue weighted by atomic mass is 10.1. The average molecular weight is 412 g/mol. The number of amides is 1. The minimum atomic E-state index is -0.257. The number of aliphatic hydroxyl groups is 1. The van der Waals surface area contributed by atoms with Crippen LogP contribution in [0.3, 0.4) is 0 Å². The van der Waals surface area contributed by atoms with Crippen molar-refractivity contribution in [3.8, 4) is 17.0 Å². The number of rotatable bonds is 8. The van der Waals surface area contributed by atoms with Crippen molar-refractivity contribution in [1.29, 1.82) is 0 Å². The SMILES string of the molecule is COc1cccc(-c2cn3cc(CCCCO)cc3c(=O)n2N(C(C)=O)C(C)C)c1. The molecule has 7 nitrogen and oxygen atoms in total. The minimum absolute atomic E-state index is 0.155. The van der Waals surface area contributed by atoms with Gasteiger partial charge in [-0.15, -0.1) is 0 Å². The quantitative estimate of drug-likeness (QED) is 0.578. The van der Waals surface area contributed by atoms with E-state index >= 15 is 0 Å². The van der Waals surface area contributed by atoms with Gasteiger partial charge in [-0.1, -0.05) is 12.1 Å². The van der Waals surface area contributed by atoms with Crippen molar-refractivity contribution in [3.63, 3.8) is 0 Å². The zero-order valence-electron chi connectivity index (χ0n) is 18.0. The third kappa shape index (κ3) is 4.26. The Labute approximate surface area is 176 Å². The summed E-state index contributed by atoms with van der Waals surface area (Å²) in [7, 11) is 1.59. The van der Waals surface area contributed by atoms with Gasteiger partial charge in [0, 0.05) is 37.5 Å². The van der Waals surface area contributed by atoms with Crippen LogP contribution in [0, 0.1) is 0 Å². The Bertz CT molecular complexity index is 1100. The molecule has 2 aromatic heterocycles. The minimum Gasteiger partial charge on any atom is -0.497 e. The van der Waals surface area contributed by atoms with Crippen LogP contribution in [0.25, 0.3) is 16.8 Å². The first-order valence-corrected chi connectivity index (χ1v) is 10.2. The summed E-state index contributed by atoms with van der Waals surface area (Å²) >= 11 is 0. The van der Waals surface area contributed by atoms with Crippen LogP contribution >= 0.6 is 0 Å². The zero-order chi connectivity index (χ0) is 21.8. The number of aliphatic hydroxyl groups excluding tert-OH is 1. The van der Waals surface area contributed by atoms with E-state index in [-0.39, 0.29) is 24.1 Å². The summed E-state index contributed by atoms with van der Waals surface area (Å²) in [6.07, 6.45) is 6.15. The number of nitrogens with zero attached hydrogens (tertiary/aromatic N) is 3. The molecule has 0 aliphatic rings. The van der Waals surface area contributed by atoms with E-state index in [2.05, 4.69) is 0 Å². The summed E-state index contributed by atoms with van der Waals surface area (Å²) in [5.74, 6) is 0.457. The molecule has 0 spiro atoms. The molecule has 3 rings (SSSR count). The largest absolute Gasteiger partial charge is 0.497 e. The number of aryl methyl sites for hydroxylation is 1. The van der Waals surface area contributed by atoms with Crippen molar-refractivity contribution in [2.45, 2.75) is 46.1 Å². The number of fused-ring (bicyclic) bond motifs is 1. The second-order valence-electron chi connectivity index (χ2n) is 7.64. The van der Waals surface area contributed by atoms with Crippen molar-refractivity contribution < 1.29 is 14.6 Å². The molecule has 0 fully saturated rings. The summed E-state index contributed by atoms with van der Waals surface area (Å²) in [6.45, 7) is 5.38. The lowest BCUT2D eigenvalue weighted by molar-refractivity contribution is -0.118. The smallest absolute Gasteiger partial charge is 0.294 e. The van der Waals surface area contributed by atoms with E-state index in [1.807, 2.05) is 61.0 Å². The van der Waals surface area contributed by atoms with Crippen molar-refractivity contribution in [3.05, 3.63) is 58.6 Å². The number of aromatic nitrogens is 2. The molecular weight excluding hydrogens is 382 g/mol. The zero-order valence-corrected chi connectivity index (χ0v) is 18.0. The molecule has 1 aromatic carbocycles. The highest BCUT2D eigenvalue weighted by atomic mass is 16.5. The van der Waals surface area contributed by atoms with Gasteiger partial charge >= 0.3 is 0 Å². The number of unbranched alkanes of at least 4 members (excludes halogenated alkanes) is 1. The van der Waals surface area contributed by atoms with E-state index < -0.39 is 0 Å². The van der Waals surface area contributed by atoms with Crippen LogP contribution in [0.5, 0.6) is 5.75 Å². The number of hydrogen-bond donors (Lipinski definition) is 1. The Morgan fingerprint density at radius 3 is 2.60 bits per heavy atom. The fourth-order valence-corrected chi connectivity index (χ4v) is 3.73. The van der Waals surface area contributed by atoms with E-state index in [1.165, 1.54) is 16.6 Å². The molecule has 0 unspecified atom stereocenters. The van der Waals surface area contributed by atoms with E-state index in [1.54, 1.807) is 7.11 Å². The van der Waals surface area contributed by atoms with Crippen LogP contribution in [0.15, 0.2) is 47.5 Å². The lowest BCUT2D eigenvalue weighted by Crippen LogP contribution is -2.50. The van der Waals surface area contributed by atoms with E-state index in [4.69, 9.17) is 9.84 Å². The van der Waals surface area contributed by atoms with Crippen LogP contribution in [0.2, 0.25) is 0 Å². The second kappa shape index (κ2) is 9.17. The molecule has 160 valence electrons. The highest BCUT2D eigenvalue weighted by Gasteiger charge is 2.23. The number of carbonyl (C=O) groups excluding carboxylic acids is 1. The monoisotopic (exact) mass is 411 g/mol. The molecule has 1 amide bonds. The normalized spacial score (nSPS) is 11.3. The highest BCUT2D eigenvalue weighted by Crippen LogP contribution is 2.25. The Hall–Kier alpha value is -3.06. The number of methoxy groups -OCH3 is 1. The molecule has 0 atom stereocenters. The van der Waals surface area contributed by atoms with Crippen molar-refractivity contribution >= 4 is 11.4 Å². The molecule has 2 heterocycles. The maximum Gasteiger partial charge on any atom is 0.294 e. The molecule has 1 N–H and O–H groups in total. The maximum atomic E-state index is 13.5. The van der Waals surface area contributed by atoms with Crippen molar-refractivity contribution in [2.24, 2.45) is 0 Å². The molecule has 3 aromatic rings. The summed E-state index contributed by atoms with van der Waals surface area (Å²) in [5, 5.41) is 10.5. The van der Waals surface area contributed by atoms with E-state index in [0.29, 0.717) is 17.0 Å². The third-order valence-electron chi connectivity index (χ3n) is 5.07. The topological polar surface area (TPSA) is 76.2 Å². The van der Waals surface area contributed by atoms with Crippen LogP contribution < -0.4 is 15.3 Å². The van der Waals surface area contributed by atoms with Crippen molar-refractivity contribution in [2.75, 3.05) is 18.7 Å².